The van der Waals surface area contributed by atoms with Crippen molar-refractivity contribution in [2.45, 2.75) is 16.2 Å². The summed E-state index contributed by atoms with van der Waals surface area (Å²) in [6.45, 7) is 0. The zero-order chi connectivity index (χ0) is 15.9. The summed E-state index contributed by atoms with van der Waals surface area (Å²) in [7, 11) is 1.63. The van der Waals surface area contributed by atoms with E-state index in [0.29, 0.717) is 5.69 Å². The van der Waals surface area contributed by atoms with Gasteiger partial charge in [0, 0.05) is 17.5 Å². The van der Waals surface area contributed by atoms with Gasteiger partial charge in [0.25, 0.3) is 0 Å². The molecule has 2 aromatic rings. The van der Waals surface area contributed by atoms with Crippen LogP contribution in [0.5, 0.6) is 0 Å². The number of benzene rings is 2. The van der Waals surface area contributed by atoms with Crippen molar-refractivity contribution in [3.05, 3.63) is 59.7 Å². The Morgan fingerprint density at radius 1 is 1.18 bits per heavy atom. The molecule has 3 nitrogen and oxygen atoms in total. The van der Waals surface area contributed by atoms with E-state index in [2.05, 4.69) is 0 Å². The van der Waals surface area contributed by atoms with Crippen LogP contribution in [0, 0.1) is 11.6 Å². The molecule has 0 spiro atoms. The molecule has 0 saturated heterocycles. The number of nitrogens with two attached hydrogens (primary N) is 1. The SMILES string of the molecule is CN1C(=O)C(N)C(c2cc(F)ccc2F)Sc2ccccc21. The van der Waals surface area contributed by atoms with Crippen LogP contribution in [0.3, 0.4) is 0 Å². The summed E-state index contributed by atoms with van der Waals surface area (Å²) >= 11 is 1.28. The number of fused-ring (bicyclic) bond motifs is 1. The molecule has 3 rings (SSSR count). The number of rotatable bonds is 1. The summed E-state index contributed by atoms with van der Waals surface area (Å²) in [4.78, 5) is 14.7. The summed E-state index contributed by atoms with van der Waals surface area (Å²) in [6.07, 6.45) is 0. The number of anilines is 1. The Kier molecular flexibility index (Phi) is 3.88. The number of para-hydroxylation sites is 1. The molecule has 1 amide bonds. The second-order valence-corrected chi connectivity index (χ2v) is 6.28. The molecule has 2 N–H and O–H groups in total. The largest absolute Gasteiger partial charge is 0.319 e. The Morgan fingerprint density at radius 2 is 1.91 bits per heavy atom. The minimum Gasteiger partial charge on any atom is -0.319 e. The molecule has 1 heterocycles. The molecule has 0 aromatic heterocycles. The molecule has 2 unspecified atom stereocenters. The Balaban J connectivity index is 2.12. The van der Waals surface area contributed by atoms with E-state index in [0.717, 1.165) is 23.1 Å². The highest BCUT2D eigenvalue weighted by Crippen LogP contribution is 2.45. The van der Waals surface area contributed by atoms with E-state index >= 15 is 0 Å². The summed E-state index contributed by atoms with van der Waals surface area (Å²) < 4.78 is 27.6. The number of halogens is 2. The van der Waals surface area contributed by atoms with Gasteiger partial charge in [-0.05, 0) is 30.3 Å². The van der Waals surface area contributed by atoms with E-state index in [9.17, 15) is 13.6 Å². The first-order chi connectivity index (χ1) is 10.5. The van der Waals surface area contributed by atoms with E-state index < -0.39 is 22.9 Å². The predicted molar refractivity (Wildman–Crippen MR) is 82.8 cm³/mol. The lowest BCUT2D eigenvalue weighted by molar-refractivity contribution is -0.119. The van der Waals surface area contributed by atoms with Gasteiger partial charge in [-0.15, -0.1) is 11.8 Å². The van der Waals surface area contributed by atoms with Gasteiger partial charge in [0.15, 0.2) is 0 Å². The van der Waals surface area contributed by atoms with Crippen molar-refractivity contribution < 1.29 is 13.6 Å². The highest BCUT2D eigenvalue weighted by molar-refractivity contribution is 7.99. The molecule has 0 fully saturated rings. The average Bonchev–Trinajstić information content (AvgIpc) is 2.61. The van der Waals surface area contributed by atoms with Crippen LogP contribution in [0.1, 0.15) is 10.8 Å². The molecular weight excluding hydrogens is 306 g/mol. The number of nitrogens with zero attached hydrogens (tertiary/aromatic N) is 1. The first-order valence-electron chi connectivity index (χ1n) is 6.73. The highest BCUT2D eigenvalue weighted by atomic mass is 32.2. The molecule has 0 radical (unpaired) electrons. The third-order valence-electron chi connectivity index (χ3n) is 3.69. The van der Waals surface area contributed by atoms with Crippen molar-refractivity contribution >= 4 is 23.4 Å². The Bertz CT molecular complexity index is 738. The molecule has 1 aliphatic rings. The van der Waals surface area contributed by atoms with Gasteiger partial charge in [0.05, 0.1) is 10.9 Å². The smallest absolute Gasteiger partial charge is 0.245 e. The van der Waals surface area contributed by atoms with Gasteiger partial charge < -0.3 is 10.6 Å². The second-order valence-electron chi connectivity index (χ2n) is 5.10. The zero-order valence-electron chi connectivity index (χ0n) is 11.8. The maximum absolute atomic E-state index is 14.1. The van der Waals surface area contributed by atoms with Crippen LogP contribution >= 0.6 is 11.8 Å². The monoisotopic (exact) mass is 320 g/mol. The van der Waals surface area contributed by atoms with Gasteiger partial charge >= 0.3 is 0 Å². The van der Waals surface area contributed by atoms with Crippen LogP contribution in [0.15, 0.2) is 47.4 Å². The standard InChI is InChI=1S/C16H14F2N2OS/c1-20-12-4-2-3-5-13(12)22-15(14(19)16(20)21)10-8-9(17)6-7-11(10)18/h2-8,14-15H,19H2,1H3. The molecular formula is C16H14F2N2OS. The van der Waals surface area contributed by atoms with Crippen LogP contribution in [-0.4, -0.2) is 19.0 Å². The molecule has 0 aliphatic carbocycles. The normalized spacial score (nSPS) is 21.5. The third kappa shape index (κ3) is 2.48. The predicted octanol–water partition coefficient (Wildman–Crippen LogP) is 3.10. The maximum Gasteiger partial charge on any atom is 0.245 e. The van der Waals surface area contributed by atoms with Gasteiger partial charge in [0.2, 0.25) is 5.91 Å². The van der Waals surface area contributed by atoms with Crippen molar-refractivity contribution in [3.8, 4) is 0 Å². The molecule has 1 aliphatic heterocycles. The summed E-state index contributed by atoms with van der Waals surface area (Å²) in [5.74, 6) is -1.45. The maximum atomic E-state index is 14.1. The van der Waals surface area contributed by atoms with Crippen LogP contribution in [0.2, 0.25) is 0 Å². The number of carbonyl (C=O) groups is 1. The van der Waals surface area contributed by atoms with Crippen molar-refractivity contribution in [2.24, 2.45) is 5.73 Å². The Morgan fingerprint density at radius 3 is 2.68 bits per heavy atom. The number of hydrogen-bond acceptors (Lipinski definition) is 3. The van der Waals surface area contributed by atoms with Gasteiger partial charge in [0.1, 0.15) is 17.7 Å². The fourth-order valence-corrected chi connectivity index (χ4v) is 3.83. The molecule has 2 aromatic carbocycles. The molecule has 6 heteroatoms. The lowest BCUT2D eigenvalue weighted by Crippen LogP contribution is -2.43. The number of carbonyl (C=O) groups excluding carboxylic acids is 1. The quantitative estimate of drug-likeness (QED) is 0.878. The number of hydrogen-bond donors (Lipinski definition) is 1. The molecule has 0 saturated carbocycles. The van der Waals surface area contributed by atoms with Crippen molar-refractivity contribution in [3.63, 3.8) is 0 Å². The van der Waals surface area contributed by atoms with E-state index in [1.807, 2.05) is 18.2 Å². The van der Waals surface area contributed by atoms with Crippen LogP contribution < -0.4 is 10.6 Å². The minimum atomic E-state index is -0.960. The van der Waals surface area contributed by atoms with Crippen molar-refractivity contribution in [1.82, 2.24) is 0 Å². The van der Waals surface area contributed by atoms with Crippen molar-refractivity contribution in [1.29, 1.82) is 0 Å². The second kappa shape index (κ2) is 5.70. The minimum absolute atomic E-state index is 0.107. The van der Waals surface area contributed by atoms with Gasteiger partial charge in [-0.25, -0.2) is 8.78 Å². The topological polar surface area (TPSA) is 46.3 Å². The molecule has 2 atom stereocenters. The summed E-state index contributed by atoms with van der Waals surface area (Å²) in [6, 6.07) is 9.55. The molecule has 0 bridgehead atoms. The van der Waals surface area contributed by atoms with Crippen LogP contribution in [0.25, 0.3) is 0 Å². The van der Waals surface area contributed by atoms with Gasteiger partial charge in [-0.1, -0.05) is 12.1 Å². The fourth-order valence-electron chi connectivity index (χ4n) is 2.51. The lowest BCUT2D eigenvalue weighted by atomic mass is 10.0. The highest BCUT2D eigenvalue weighted by Gasteiger charge is 2.35. The van der Waals surface area contributed by atoms with Crippen LogP contribution in [0.4, 0.5) is 14.5 Å². The molecule has 114 valence electrons. The molecule has 22 heavy (non-hydrogen) atoms. The first kappa shape index (κ1) is 15.0. The van der Waals surface area contributed by atoms with Gasteiger partial charge in [-0.2, -0.15) is 0 Å². The van der Waals surface area contributed by atoms with Crippen molar-refractivity contribution in [2.75, 3.05) is 11.9 Å². The van der Waals surface area contributed by atoms with E-state index in [-0.39, 0.29) is 11.5 Å². The van der Waals surface area contributed by atoms with E-state index in [4.69, 9.17) is 5.73 Å². The third-order valence-corrected chi connectivity index (χ3v) is 5.09. The first-order valence-corrected chi connectivity index (χ1v) is 7.61. The van der Waals surface area contributed by atoms with E-state index in [1.165, 1.54) is 16.7 Å². The summed E-state index contributed by atoms with van der Waals surface area (Å²) in [5, 5.41) is -0.686. The number of amides is 1. The van der Waals surface area contributed by atoms with Crippen LogP contribution in [-0.2, 0) is 4.79 Å². The number of likely N-dealkylation sites (N-methyl/N-ethyl adjacent to an activating group) is 1. The van der Waals surface area contributed by atoms with E-state index in [1.54, 1.807) is 13.1 Å². The zero-order valence-corrected chi connectivity index (χ0v) is 12.6. The number of thioether (sulfide) groups is 1. The average molecular weight is 320 g/mol. The Labute approximate surface area is 131 Å². The van der Waals surface area contributed by atoms with Gasteiger partial charge in [-0.3, -0.25) is 4.79 Å². The Hall–Kier alpha value is -1.92. The fraction of sp³-hybridized carbons (Fsp3) is 0.188. The summed E-state index contributed by atoms with van der Waals surface area (Å²) in [5.41, 5.74) is 6.86. The lowest BCUT2D eigenvalue weighted by Gasteiger charge is -2.22.